The van der Waals surface area contributed by atoms with Gasteiger partial charge in [-0.15, -0.1) is 11.8 Å². The van der Waals surface area contributed by atoms with E-state index in [1.54, 1.807) is 42.2 Å². The lowest BCUT2D eigenvalue weighted by Crippen LogP contribution is -2.18. The molecular weight excluding hydrogens is 413 g/mol. The van der Waals surface area contributed by atoms with Gasteiger partial charge in [-0.05, 0) is 54.8 Å². The summed E-state index contributed by atoms with van der Waals surface area (Å²) in [7, 11) is 0. The number of benzene rings is 3. The van der Waals surface area contributed by atoms with Gasteiger partial charge in [0.15, 0.2) is 0 Å². The second kappa shape index (κ2) is 7.85. The molecule has 0 N–H and O–H groups in total. The van der Waals surface area contributed by atoms with Gasteiger partial charge >= 0.3 is 0 Å². The highest BCUT2D eigenvalue weighted by atomic mass is 32.2. The Morgan fingerprint density at radius 3 is 2.48 bits per heavy atom. The van der Waals surface area contributed by atoms with Gasteiger partial charge in [-0.1, -0.05) is 29.4 Å². The fourth-order valence-electron chi connectivity index (χ4n) is 3.47. The van der Waals surface area contributed by atoms with Crippen molar-refractivity contribution in [1.29, 1.82) is 0 Å². The highest BCUT2D eigenvalue weighted by molar-refractivity contribution is 7.98. The molecule has 0 radical (unpaired) electrons. The lowest BCUT2D eigenvalue weighted by atomic mass is 10.1. The molecule has 0 saturated carbocycles. The molecule has 7 heteroatoms. The summed E-state index contributed by atoms with van der Waals surface area (Å²) in [5, 5.41) is 5.29. The first-order chi connectivity index (χ1) is 15.1. The summed E-state index contributed by atoms with van der Waals surface area (Å²) < 4.78 is 20.8. The minimum atomic E-state index is -0.423. The zero-order chi connectivity index (χ0) is 21.4. The Balaban J connectivity index is 1.69. The van der Waals surface area contributed by atoms with E-state index in [-0.39, 0.29) is 11.4 Å². The molecule has 5 nitrogen and oxygen atoms in total. The molecule has 2 heterocycles. The number of nitrogens with zero attached hydrogens (tertiary/aromatic N) is 3. The molecule has 5 rings (SSSR count). The number of pyridine rings is 1. The van der Waals surface area contributed by atoms with Crippen molar-refractivity contribution in [3.63, 3.8) is 0 Å². The van der Waals surface area contributed by atoms with Crippen LogP contribution >= 0.6 is 11.8 Å². The quantitative estimate of drug-likeness (QED) is 0.350. The lowest BCUT2D eigenvalue weighted by Gasteiger charge is -2.10. The Labute approximate surface area is 181 Å². The van der Waals surface area contributed by atoms with Gasteiger partial charge in [-0.3, -0.25) is 9.36 Å². The van der Waals surface area contributed by atoms with Crippen LogP contribution < -0.4 is 5.56 Å². The van der Waals surface area contributed by atoms with Crippen molar-refractivity contribution < 1.29 is 8.91 Å². The molecule has 2 aromatic heterocycles. The smallest absolute Gasteiger partial charge is 0.262 e. The minimum absolute atomic E-state index is 0.252. The highest BCUT2D eigenvalue weighted by Crippen LogP contribution is 2.29. The van der Waals surface area contributed by atoms with Crippen LogP contribution in [0.15, 0.2) is 93.2 Å². The molecule has 0 amide bonds. The zero-order valence-corrected chi connectivity index (χ0v) is 17.3. The van der Waals surface area contributed by atoms with Crippen LogP contribution in [0.3, 0.4) is 0 Å². The topological polar surface area (TPSA) is 60.9 Å². The fraction of sp³-hybridized carbons (Fsp3) is 0.0417. The van der Waals surface area contributed by atoms with E-state index in [9.17, 15) is 9.18 Å². The van der Waals surface area contributed by atoms with Gasteiger partial charge in [0.2, 0.25) is 5.82 Å². The maximum absolute atomic E-state index is 13.8. The molecule has 3 aromatic carbocycles. The molecule has 31 heavy (non-hydrogen) atoms. The van der Waals surface area contributed by atoms with Crippen LogP contribution in [0.1, 0.15) is 0 Å². The molecule has 5 aromatic rings. The van der Waals surface area contributed by atoms with Crippen LogP contribution in [0.25, 0.3) is 39.3 Å². The monoisotopic (exact) mass is 429 g/mol. The molecular formula is C24H16FN3O2S. The Bertz CT molecular complexity index is 1460. The summed E-state index contributed by atoms with van der Waals surface area (Å²) in [6.45, 7) is 0. The van der Waals surface area contributed by atoms with E-state index in [1.807, 2.05) is 42.7 Å². The number of halogens is 1. The third kappa shape index (κ3) is 3.53. The van der Waals surface area contributed by atoms with Gasteiger partial charge in [0, 0.05) is 27.4 Å². The Morgan fingerprint density at radius 2 is 1.74 bits per heavy atom. The fourth-order valence-corrected chi connectivity index (χ4v) is 3.88. The third-order valence-corrected chi connectivity index (χ3v) is 5.76. The Kier molecular flexibility index (Phi) is 4.88. The summed E-state index contributed by atoms with van der Waals surface area (Å²) >= 11 is 1.65. The van der Waals surface area contributed by atoms with Crippen LogP contribution in [0, 0.1) is 5.82 Å². The van der Waals surface area contributed by atoms with E-state index < -0.39 is 5.82 Å². The molecule has 0 saturated heterocycles. The predicted molar refractivity (Wildman–Crippen MR) is 120 cm³/mol. The molecule has 0 aliphatic carbocycles. The number of hydrogen-bond acceptors (Lipinski definition) is 5. The summed E-state index contributed by atoms with van der Waals surface area (Å²) in [4.78, 5) is 18.8. The molecule has 0 aliphatic heterocycles. The Hall–Kier alpha value is -3.71. The van der Waals surface area contributed by atoms with Gasteiger partial charge in [0.05, 0.1) is 11.3 Å². The molecule has 0 aliphatic rings. The number of aromatic nitrogens is 3. The van der Waals surface area contributed by atoms with Crippen molar-refractivity contribution in [2.45, 2.75) is 4.90 Å². The standard InChI is InChI=1S/C24H16FN3O2S/c1-31-18-11-9-15(10-12-18)22-26-23(30-27-22)21-14-28(17-6-4-5-16(25)13-17)24(29)20-8-3-2-7-19(20)21/h2-14H,1H3. The van der Waals surface area contributed by atoms with E-state index >= 15 is 0 Å². The summed E-state index contributed by atoms with van der Waals surface area (Å²) in [6.07, 6.45) is 3.63. The maximum atomic E-state index is 13.8. The Morgan fingerprint density at radius 1 is 0.968 bits per heavy atom. The second-order valence-electron chi connectivity index (χ2n) is 6.90. The lowest BCUT2D eigenvalue weighted by molar-refractivity contribution is 0.432. The van der Waals surface area contributed by atoms with Crippen molar-refractivity contribution >= 4 is 22.5 Å². The second-order valence-corrected chi connectivity index (χ2v) is 7.77. The maximum Gasteiger partial charge on any atom is 0.262 e. The zero-order valence-electron chi connectivity index (χ0n) is 16.4. The van der Waals surface area contributed by atoms with E-state index in [1.165, 1.54) is 16.7 Å². The van der Waals surface area contributed by atoms with Gasteiger partial charge in [-0.2, -0.15) is 4.98 Å². The van der Waals surface area contributed by atoms with Gasteiger partial charge in [0.1, 0.15) is 5.82 Å². The molecule has 152 valence electrons. The first-order valence-corrected chi connectivity index (χ1v) is 10.8. The normalized spacial score (nSPS) is 11.2. The number of fused-ring (bicyclic) bond motifs is 1. The van der Waals surface area contributed by atoms with Crippen LogP contribution in [0.5, 0.6) is 0 Å². The van der Waals surface area contributed by atoms with Crippen molar-refractivity contribution in [2.75, 3.05) is 6.26 Å². The SMILES string of the molecule is CSc1ccc(-c2noc(-c3cn(-c4cccc(F)c4)c(=O)c4ccccc34)n2)cc1. The molecule has 0 fully saturated rings. The predicted octanol–water partition coefficient (Wildman–Crippen LogP) is 5.57. The molecule has 0 atom stereocenters. The number of thioether (sulfide) groups is 1. The van der Waals surface area contributed by atoms with Gasteiger partial charge in [0.25, 0.3) is 11.4 Å². The van der Waals surface area contributed by atoms with Crippen molar-refractivity contribution in [3.8, 4) is 28.5 Å². The minimum Gasteiger partial charge on any atom is -0.334 e. The number of rotatable bonds is 4. The van der Waals surface area contributed by atoms with Gasteiger partial charge in [-0.25, -0.2) is 4.39 Å². The number of hydrogen-bond donors (Lipinski definition) is 0. The van der Waals surface area contributed by atoms with Crippen LogP contribution in [-0.4, -0.2) is 21.0 Å². The molecule has 0 spiro atoms. The molecule has 0 bridgehead atoms. The largest absolute Gasteiger partial charge is 0.334 e. The molecule has 0 unspecified atom stereocenters. The first-order valence-electron chi connectivity index (χ1n) is 9.53. The van der Waals surface area contributed by atoms with Crippen LogP contribution in [-0.2, 0) is 0 Å². The average Bonchev–Trinajstić information content (AvgIpc) is 3.30. The van der Waals surface area contributed by atoms with E-state index in [4.69, 9.17) is 4.52 Å². The van der Waals surface area contributed by atoms with Crippen LogP contribution in [0.4, 0.5) is 4.39 Å². The highest BCUT2D eigenvalue weighted by Gasteiger charge is 2.17. The van der Waals surface area contributed by atoms with E-state index in [0.717, 1.165) is 10.5 Å². The van der Waals surface area contributed by atoms with Gasteiger partial charge < -0.3 is 4.52 Å². The summed E-state index contributed by atoms with van der Waals surface area (Å²) in [6, 6.07) is 20.9. The first kappa shape index (κ1) is 19.3. The van der Waals surface area contributed by atoms with E-state index in [0.29, 0.717) is 27.8 Å². The van der Waals surface area contributed by atoms with Crippen molar-refractivity contribution in [1.82, 2.24) is 14.7 Å². The van der Waals surface area contributed by atoms with E-state index in [2.05, 4.69) is 10.1 Å². The van der Waals surface area contributed by atoms with Crippen LogP contribution in [0.2, 0.25) is 0 Å². The average molecular weight is 429 g/mol. The third-order valence-electron chi connectivity index (χ3n) is 5.02. The summed E-state index contributed by atoms with van der Waals surface area (Å²) in [5.74, 6) is 0.313. The summed E-state index contributed by atoms with van der Waals surface area (Å²) in [5.41, 5.74) is 1.59. The van der Waals surface area contributed by atoms with Crippen molar-refractivity contribution in [3.05, 3.63) is 95.2 Å². The van der Waals surface area contributed by atoms with Crippen molar-refractivity contribution in [2.24, 2.45) is 0 Å².